The average molecular weight is 273 g/mol. The van der Waals surface area contributed by atoms with Crippen LogP contribution in [0, 0.1) is 5.92 Å². The van der Waals surface area contributed by atoms with Crippen molar-refractivity contribution in [2.45, 2.75) is 45.8 Å². The minimum atomic E-state index is 0. The lowest BCUT2D eigenvalue weighted by Crippen LogP contribution is -2.45. The molecule has 104 valence electrons. The second-order valence-corrected chi connectivity index (χ2v) is 5.19. The first-order valence-corrected chi connectivity index (χ1v) is 6.68. The summed E-state index contributed by atoms with van der Waals surface area (Å²) in [4.78, 5) is 2.51. The van der Waals surface area contributed by atoms with Crippen molar-refractivity contribution in [3.05, 3.63) is 18.0 Å². The number of hydrogen-bond donors (Lipinski definition) is 1. The van der Waals surface area contributed by atoms with Gasteiger partial charge < -0.3 is 5.73 Å². The van der Waals surface area contributed by atoms with E-state index in [1.807, 2.05) is 10.9 Å². The number of nitrogens with zero attached hydrogens (tertiary/aromatic N) is 3. The molecule has 0 aliphatic carbocycles. The Balaban J connectivity index is 0.00000162. The predicted octanol–water partition coefficient (Wildman–Crippen LogP) is 1.88. The van der Waals surface area contributed by atoms with Gasteiger partial charge in [-0.2, -0.15) is 5.10 Å². The fourth-order valence-corrected chi connectivity index (χ4v) is 2.65. The minimum absolute atomic E-state index is 0. The Bertz CT molecular complexity index is 353. The van der Waals surface area contributed by atoms with Gasteiger partial charge in [0.1, 0.15) is 0 Å². The molecular weight excluding hydrogens is 248 g/mol. The van der Waals surface area contributed by atoms with Gasteiger partial charge in [0, 0.05) is 37.4 Å². The molecule has 1 aromatic rings. The van der Waals surface area contributed by atoms with Gasteiger partial charge in [0.15, 0.2) is 0 Å². The molecule has 2 rings (SSSR count). The minimum Gasteiger partial charge on any atom is -0.329 e. The van der Waals surface area contributed by atoms with Crippen molar-refractivity contribution < 1.29 is 0 Å². The molecule has 1 aliphatic heterocycles. The lowest BCUT2D eigenvalue weighted by molar-refractivity contribution is 0.115. The summed E-state index contributed by atoms with van der Waals surface area (Å²) in [6, 6.07) is 0.545. The SMILES string of the molecule is CCn1cc(CN2CCC(C)CC2CN)cn1.Cl. The van der Waals surface area contributed by atoms with Crippen LogP contribution in [0.5, 0.6) is 0 Å². The van der Waals surface area contributed by atoms with Crippen molar-refractivity contribution in [2.24, 2.45) is 11.7 Å². The first-order chi connectivity index (χ1) is 8.22. The van der Waals surface area contributed by atoms with E-state index in [9.17, 15) is 0 Å². The van der Waals surface area contributed by atoms with E-state index in [0.29, 0.717) is 6.04 Å². The molecule has 2 N–H and O–H groups in total. The highest BCUT2D eigenvalue weighted by molar-refractivity contribution is 5.85. The number of aromatic nitrogens is 2. The second-order valence-electron chi connectivity index (χ2n) is 5.19. The van der Waals surface area contributed by atoms with Crippen molar-refractivity contribution in [1.82, 2.24) is 14.7 Å². The third-order valence-corrected chi connectivity index (χ3v) is 3.77. The van der Waals surface area contributed by atoms with Crippen LogP contribution in [0.3, 0.4) is 0 Å². The van der Waals surface area contributed by atoms with Gasteiger partial charge in [-0.1, -0.05) is 6.92 Å². The van der Waals surface area contributed by atoms with Gasteiger partial charge in [0.2, 0.25) is 0 Å². The number of halogens is 1. The molecule has 0 amide bonds. The van der Waals surface area contributed by atoms with Gasteiger partial charge in [0.05, 0.1) is 6.20 Å². The van der Waals surface area contributed by atoms with Crippen molar-refractivity contribution in [1.29, 1.82) is 0 Å². The number of aryl methyl sites for hydroxylation is 1. The van der Waals surface area contributed by atoms with E-state index in [0.717, 1.165) is 25.6 Å². The molecule has 1 fully saturated rings. The molecule has 1 aliphatic rings. The van der Waals surface area contributed by atoms with Crippen LogP contribution in [0.15, 0.2) is 12.4 Å². The molecule has 2 heterocycles. The van der Waals surface area contributed by atoms with E-state index in [4.69, 9.17) is 5.73 Å². The molecule has 4 nitrogen and oxygen atoms in total. The summed E-state index contributed by atoms with van der Waals surface area (Å²) in [6.07, 6.45) is 6.65. The lowest BCUT2D eigenvalue weighted by atomic mass is 9.92. The highest BCUT2D eigenvalue weighted by Crippen LogP contribution is 2.23. The van der Waals surface area contributed by atoms with Gasteiger partial charge in [0.25, 0.3) is 0 Å². The molecule has 0 saturated carbocycles. The van der Waals surface area contributed by atoms with Crippen LogP contribution in [-0.4, -0.2) is 33.8 Å². The summed E-state index contributed by atoms with van der Waals surface area (Å²) in [7, 11) is 0. The van der Waals surface area contributed by atoms with Crippen molar-refractivity contribution in [2.75, 3.05) is 13.1 Å². The summed E-state index contributed by atoms with van der Waals surface area (Å²) < 4.78 is 1.99. The number of likely N-dealkylation sites (tertiary alicyclic amines) is 1. The highest BCUT2D eigenvalue weighted by Gasteiger charge is 2.25. The average Bonchev–Trinajstić information content (AvgIpc) is 2.79. The summed E-state index contributed by atoms with van der Waals surface area (Å²) in [5, 5.41) is 4.32. The summed E-state index contributed by atoms with van der Waals surface area (Å²) in [5.41, 5.74) is 7.18. The molecule has 0 radical (unpaired) electrons. The van der Waals surface area contributed by atoms with Gasteiger partial charge in [-0.15, -0.1) is 12.4 Å². The van der Waals surface area contributed by atoms with E-state index in [2.05, 4.69) is 30.0 Å². The maximum Gasteiger partial charge on any atom is 0.0534 e. The monoisotopic (exact) mass is 272 g/mol. The molecule has 1 saturated heterocycles. The number of piperidine rings is 1. The normalized spacial score (nSPS) is 24.8. The fraction of sp³-hybridized carbons (Fsp3) is 0.769. The molecule has 0 aromatic carbocycles. The molecule has 0 bridgehead atoms. The van der Waals surface area contributed by atoms with E-state index < -0.39 is 0 Å². The van der Waals surface area contributed by atoms with E-state index in [-0.39, 0.29) is 12.4 Å². The Hall–Kier alpha value is -0.580. The molecule has 5 heteroatoms. The molecule has 18 heavy (non-hydrogen) atoms. The fourth-order valence-electron chi connectivity index (χ4n) is 2.65. The zero-order valence-corrected chi connectivity index (χ0v) is 12.2. The molecule has 1 aromatic heterocycles. The summed E-state index contributed by atoms with van der Waals surface area (Å²) >= 11 is 0. The van der Waals surface area contributed by atoms with Crippen LogP contribution in [0.4, 0.5) is 0 Å². The van der Waals surface area contributed by atoms with E-state index >= 15 is 0 Å². The zero-order valence-electron chi connectivity index (χ0n) is 11.4. The van der Waals surface area contributed by atoms with Crippen LogP contribution < -0.4 is 5.73 Å². The number of hydrogen-bond acceptors (Lipinski definition) is 3. The van der Waals surface area contributed by atoms with Gasteiger partial charge in [-0.25, -0.2) is 0 Å². The summed E-state index contributed by atoms with van der Waals surface area (Å²) in [5.74, 6) is 0.818. The van der Waals surface area contributed by atoms with Crippen LogP contribution in [0.25, 0.3) is 0 Å². The Kier molecular flexibility index (Phi) is 6.12. The van der Waals surface area contributed by atoms with E-state index in [1.54, 1.807) is 0 Å². The maximum atomic E-state index is 5.88. The van der Waals surface area contributed by atoms with Crippen LogP contribution in [-0.2, 0) is 13.1 Å². The first-order valence-electron chi connectivity index (χ1n) is 6.68. The maximum absolute atomic E-state index is 5.88. The predicted molar refractivity (Wildman–Crippen MR) is 76.8 cm³/mol. The van der Waals surface area contributed by atoms with Crippen LogP contribution in [0.2, 0.25) is 0 Å². The standard InChI is InChI=1S/C13H24N4.ClH/c1-3-17-10-12(8-15-17)9-16-5-4-11(2)6-13(16)7-14;/h8,10-11,13H,3-7,9,14H2,1-2H3;1H. The quantitative estimate of drug-likeness (QED) is 0.911. The Morgan fingerprint density at radius 2 is 2.28 bits per heavy atom. The molecule has 0 spiro atoms. The third-order valence-electron chi connectivity index (χ3n) is 3.77. The Morgan fingerprint density at radius 1 is 1.50 bits per heavy atom. The lowest BCUT2D eigenvalue weighted by Gasteiger charge is -2.37. The first kappa shape index (κ1) is 15.5. The number of rotatable bonds is 4. The summed E-state index contributed by atoms with van der Waals surface area (Å²) in [6.45, 7) is 8.32. The van der Waals surface area contributed by atoms with Crippen LogP contribution >= 0.6 is 12.4 Å². The van der Waals surface area contributed by atoms with Gasteiger partial charge in [-0.3, -0.25) is 9.58 Å². The number of nitrogens with two attached hydrogens (primary N) is 1. The van der Waals surface area contributed by atoms with Crippen molar-refractivity contribution in [3.63, 3.8) is 0 Å². The second kappa shape index (κ2) is 7.12. The largest absolute Gasteiger partial charge is 0.329 e. The van der Waals surface area contributed by atoms with Crippen LogP contribution in [0.1, 0.15) is 32.3 Å². The molecule has 2 atom stereocenters. The topological polar surface area (TPSA) is 47.1 Å². The third kappa shape index (κ3) is 3.70. The Labute approximate surface area is 116 Å². The zero-order chi connectivity index (χ0) is 12.3. The Morgan fingerprint density at radius 3 is 2.89 bits per heavy atom. The smallest absolute Gasteiger partial charge is 0.0534 e. The van der Waals surface area contributed by atoms with Crippen molar-refractivity contribution in [3.8, 4) is 0 Å². The highest BCUT2D eigenvalue weighted by atomic mass is 35.5. The van der Waals surface area contributed by atoms with Gasteiger partial charge >= 0.3 is 0 Å². The van der Waals surface area contributed by atoms with E-state index in [1.165, 1.54) is 24.9 Å². The van der Waals surface area contributed by atoms with Crippen molar-refractivity contribution >= 4 is 12.4 Å². The van der Waals surface area contributed by atoms with Gasteiger partial charge in [-0.05, 0) is 32.2 Å². The molecular formula is C13H25ClN4. The molecule has 2 unspecified atom stereocenters.